The summed E-state index contributed by atoms with van der Waals surface area (Å²) in [5.74, 6) is 1.89. The lowest BCUT2D eigenvalue weighted by atomic mass is 9.98. The lowest BCUT2D eigenvalue weighted by Crippen LogP contribution is -2.49. The molecular weight excluding hydrogens is 745 g/mol. The fourth-order valence-corrected chi connectivity index (χ4v) is 8.56. The average Bonchev–Trinajstić information content (AvgIpc) is 3.66. The van der Waals surface area contributed by atoms with Crippen molar-refractivity contribution in [2.24, 2.45) is 5.92 Å². The number of hydrogen-bond donors (Lipinski definition) is 1. The number of hydrogen-bond acceptors (Lipinski definition) is 4. The highest BCUT2D eigenvalue weighted by Gasteiger charge is 2.18. The van der Waals surface area contributed by atoms with E-state index in [9.17, 15) is 0 Å². The number of aryl methyl sites for hydroxylation is 5. The van der Waals surface area contributed by atoms with Crippen LogP contribution in [0.2, 0.25) is 0 Å². The van der Waals surface area contributed by atoms with E-state index < -0.39 is 0 Å². The summed E-state index contributed by atoms with van der Waals surface area (Å²) in [5, 5.41) is 10.4. The first kappa shape index (κ1) is 41.0. The molecule has 1 unspecified atom stereocenters. The van der Waals surface area contributed by atoms with Gasteiger partial charge in [0.1, 0.15) is 17.1 Å². The number of fused-ring (bicyclic) bond motifs is 3. The van der Waals surface area contributed by atoms with Gasteiger partial charge in [0, 0.05) is 62.7 Å². The molecule has 8 rings (SSSR count). The minimum atomic E-state index is 0.0704. The molecule has 0 radical (unpaired) electrons. The van der Waals surface area contributed by atoms with Gasteiger partial charge in [-0.1, -0.05) is 122 Å². The van der Waals surface area contributed by atoms with Crippen molar-refractivity contribution in [2.45, 2.75) is 68.7 Å². The summed E-state index contributed by atoms with van der Waals surface area (Å²) in [6.07, 6.45) is 29.3. The summed E-state index contributed by atoms with van der Waals surface area (Å²) in [7, 11) is 0. The normalized spacial score (nSPS) is 17.2. The summed E-state index contributed by atoms with van der Waals surface area (Å²) in [6.45, 7) is 24.0. The first-order chi connectivity index (χ1) is 29.4. The van der Waals surface area contributed by atoms with E-state index in [0.29, 0.717) is 0 Å². The van der Waals surface area contributed by atoms with Crippen LogP contribution in [0.3, 0.4) is 0 Å². The Kier molecular flexibility index (Phi) is 11.5. The van der Waals surface area contributed by atoms with Crippen molar-refractivity contribution in [2.75, 3.05) is 10.2 Å². The summed E-state index contributed by atoms with van der Waals surface area (Å²) in [5.41, 5.74) is 15.7. The average molecular weight is 801 g/mol. The number of rotatable bonds is 9. The molecule has 1 atom stereocenters. The lowest BCUT2D eigenvalue weighted by Gasteiger charge is -2.28. The molecule has 2 heterocycles. The van der Waals surface area contributed by atoms with Gasteiger partial charge in [-0.3, -0.25) is 0 Å². The summed E-state index contributed by atoms with van der Waals surface area (Å²) >= 11 is 0. The Morgan fingerprint density at radius 2 is 1.46 bits per heavy atom. The van der Waals surface area contributed by atoms with Crippen molar-refractivity contribution in [3.8, 4) is 0 Å². The molecule has 0 amide bonds. The van der Waals surface area contributed by atoms with Crippen LogP contribution < -0.4 is 31.1 Å². The second-order valence-electron chi connectivity index (χ2n) is 16.8. The van der Waals surface area contributed by atoms with E-state index in [1.54, 1.807) is 0 Å². The molecule has 2 aliphatic rings. The number of anilines is 2. The zero-order valence-electron chi connectivity index (χ0n) is 37.0. The SMILES string of the molecule is C=c1c2c3cc/c1=C/C=C(/N(/C=C/C=C\c1c(C)oc4c(C)cccc14)c1cc(C)c(C)c(C)c1)C(C)/C=C\C=2C=CCC=3Nc1cccc2c(/C=C\C=C(C)C)c(C)oc12. The van der Waals surface area contributed by atoms with Crippen LogP contribution in [0, 0.1) is 47.5 Å². The smallest absolute Gasteiger partial charge is 0.158 e. The molecule has 4 aromatic carbocycles. The summed E-state index contributed by atoms with van der Waals surface area (Å²) < 4.78 is 12.6. The molecule has 0 spiro atoms. The standard InChI is InChI=1S/C57H56N2O2/c1-35(2)17-13-21-48-43(10)61-57-50(48)23-16-25-53(57)58-52-24-15-19-45-27-26-36(3)54(31-29-44-28-30-51(52)55(45)41(44)8)59(46-33-38(5)40(7)39(6)34-46)32-12-11-20-47-42(9)60-56-37(4)18-14-22-49(47)56/h11-23,25-34,36,58H,8,24H2,1-7,9-10H3/b20-11-,21-13-,27-26-,32-12+,44-29-,54-31+. The zero-order chi connectivity index (χ0) is 42.9. The highest BCUT2D eigenvalue weighted by atomic mass is 16.3. The third-order valence-corrected chi connectivity index (χ3v) is 12.2. The van der Waals surface area contributed by atoms with Crippen molar-refractivity contribution < 1.29 is 8.83 Å². The maximum Gasteiger partial charge on any atom is 0.158 e. The van der Waals surface area contributed by atoms with E-state index >= 15 is 0 Å². The van der Waals surface area contributed by atoms with Crippen molar-refractivity contribution in [1.82, 2.24) is 0 Å². The zero-order valence-corrected chi connectivity index (χ0v) is 37.0. The first-order valence-electron chi connectivity index (χ1n) is 21.3. The highest BCUT2D eigenvalue weighted by molar-refractivity contribution is 5.98. The number of nitrogens with one attached hydrogen (secondary N) is 1. The van der Waals surface area contributed by atoms with Crippen molar-refractivity contribution >= 4 is 69.4 Å². The Morgan fingerprint density at radius 1 is 0.770 bits per heavy atom. The van der Waals surface area contributed by atoms with E-state index in [-0.39, 0.29) is 5.92 Å². The molecular formula is C57H56N2O2. The first-order valence-corrected chi connectivity index (χ1v) is 21.3. The third-order valence-electron chi connectivity index (χ3n) is 12.2. The van der Waals surface area contributed by atoms with Gasteiger partial charge in [-0.05, 0) is 129 Å². The van der Waals surface area contributed by atoms with Crippen molar-refractivity contribution in [3.05, 3.63) is 199 Å². The second kappa shape index (κ2) is 17.1. The lowest BCUT2D eigenvalue weighted by molar-refractivity contribution is 0.575. The van der Waals surface area contributed by atoms with Crippen molar-refractivity contribution in [3.63, 3.8) is 0 Å². The van der Waals surface area contributed by atoms with Crippen LogP contribution in [0.4, 0.5) is 11.4 Å². The minimum absolute atomic E-state index is 0.0704. The second-order valence-corrected chi connectivity index (χ2v) is 16.8. The molecule has 61 heavy (non-hydrogen) atoms. The van der Waals surface area contributed by atoms with Crippen LogP contribution in [0.25, 0.3) is 58.0 Å². The number of nitrogens with zero attached hydrogens (tertiary/aromatic N) is 1. The Bertz CT molecular complexity index is 3180. The molecule has 0 saturated heterocycles. The molecule has 6 aromatic rings. The number of furan rings is 2. The molecule has 2 aliphatic carbocycles. The van der Waals surface area contributed by atoms with E-state index in [1.807, 2.05) is 13.8 Å². The monoisotopic (exact) mass is 800 g/mol. The van der Waals surface area contributed by atoms with E-state index in [0.717, 1.165) is 106 Å². The fraction of sp³-hybridized carbons (Fsp3) is 0.193. The fourth-order valence-electron chi connectivity index (χ4n) is 8.56. The molecule has 0 fully saturated rings. The van der Waals surface area contributed by atoms with Gasteiger partial charge in [-0.15, -0.1) is 0 Å². The van der Waals surface area contributed by atoms with E-state index in [2.05, 4.69) is 198 Å². The predicted molar refractivity (Wildman–Crippen MR) is 262 cm³/mol. The molecule has 2 bridgehead atoms. The Labute approximate surface area is 360 Å². The van der Waals surface area contributed by atoms with Crippen LogP contribution in [0.5, 0.6) is 0 Å². The minimum Gasteiger partial charge on any atom is -0.460 e. The Morgan fingerprint density at radius 3 is 2.20 bits per heavy atom. The molecule has 0 aliphatic heterocycles. The van der Waals surface area contributed by atoms with Crippen LogP contribution in [0.15, 0.2) is 142 Å². The largest absolute Gasteiger partial charge is 0.460 e. The quantitative estimate of drug-likeness (QED) is 0.148. The third kappa shape index (κ3) is 8.11. The van der Waals surface area contributed by atoms with Crippen LogP contribution in [0.1, 0.15) is 72.1 Å². The molecule has 306 valence electrons. The Balaban J connectivity index is 1.22. The van der Waals surface area contributed by atoms with Crippen LogP contribution in [-0.4, -0.2) is 0 Å². The van der Waals surface area contributed by atoms with Gasteiger partial charge in [-0.25, -0.2) is 0 Å². The van der Waals surface area contributed by atoms with Gasteiger partial charge in [-0.2, -0.15) is 0 Å². The van der Waals surface area contributed by atoms with Crippen molar-refractivity contribution in [1.29, 1.82) is 0 Å². The maximum atomic E-state index is 6.43. The maximum absolute atomic E-state index is 6.43. The molecule has 2 aromatic heterocycles. The number of allylic oxidation sites excluding steroid dienone is 9. The highest BCUT2D eigenvalue weighted by Crippen LogP contribution is 2.34. The van der Waals surface area contributed by atoms with Crippen LogP contribution >= 0.6 is 0 Å². The topological polar surface area (TPSA) is 41.6 Å². The molecule has 0 saturated carbocycles. The van der Waals surface area contributed by atoms with E-state index in [4.69, 9.17) is 15.4 Å². The summed E-state index contributed by atoms with van der Waals surface area (Å²) in [4.78, 5) is 2.34. The molecule has 4 nitrogen and oxygen atoms in total. The van der Waals surface area contributed by atoms with Gasteiger partial charge >= 0.3 is 0 Å². The Hall–Kier alpha value is -6.78. The van der Waals surface area contributed by atoms with Gasteiger partial charge < -0.3 is 19.1 Å². The number of benzene rings is 4. The van der Waals surface area contributed by atoms with Gasteiger partial charge in [0.05, 0.1) is 5.69 Å². The molecule has 1 N–H and O–H groups in total. The van der Waals surface area contributed by atoms with Crippen LogP contribution in [-0.2, 0) is 0 Å². The van der Waals surface area contributed by atoms with E-state index in [1.165, 1.54) is 22.3 Å². The molecule has 4 heteroatoms. The summed E-state index contributed by atoms with van der Waals surface area (Å²) in [6, 6.07) is 21.7. The number of para-hydroxylation sites is 2. The van der Waals surface area contributed by atoms with Gasteiger partial charge in [0.2, 0.25) is 0 Å². The van der Waals surface area contributed by atoms with Gasteiger partial charge in [0.15, 0.2) is 5.58 Å². The predicted octanol–water partition coefficient (Wildman–Crippen LogP) is 12.4. The van der Waals surface area contributed by atoms with Gasteiger partial charge in [0.25, 0.3) is 0 Å².